The van der Waals surface area contributed by atoms with E-state index in [0.29, 0.717) is 16.5 Å². The second kappa shape index (κ2) is 5.62. The van der Waals surface area contributed by atoms with Crippen molar-refractivity contribution in [3.8, 4) is 17.0 Å². The Labute approximate surface area is 137 Å². The molecule has 1 aliphatic rings. The van der Waals surface area contributed by atoms with Gasteiger partial charge in [-0.3, -0.25) is 4.79 Å². The largest absolute Gasteiger partial charge is 0.479 e. The quantitative estimate of drug-likeness (QED) is 0.794. The van der Waals surface area contributed by atoms with Crippen LogP contribution in [0.15, 0.2) is 36.5 Å². The Hall–Kier alpha value is -2.47. The number of anilines is 1. The highest BCUT2D eigenvalue weighted by atomic mass is 32.1. The van der Waals surface area contributed by atoms with Gasteiger partial charge in [-0.15, -0.1) is 0 Å². The summed E-state index contributed by atoms with van der Waals surface area (Å²) in [5.41, 5.74) is 2.74. The van der Waals surface area contributed by atoms with Crippen LogP contribution in [0.1, 0.15) is 12.8 Å². The second-order valence-corrected chi connectivity index (χ2v) is 6.51. The Morgan fingerprint density at radius 3 is 2.78 bits per heavy atom. The number of methoxy groups -OCH3 is 1. The van der Waals surface area contributed by atoms with Crippen molar-refractivity contribution >= 4 is 32.6 Å². The van der Waals surface area contributed by atoms with E-state index in [9.17, 15) is 4.79 Å². The summed E-state index contributed by atoms with van der Waals surface area (Å²) in [6, 6.07) is 10.0. The van der Waals surface area contributed by atoms with Crippen molar-refractivity contribution in [1.29, 1.82) is 0 Å². The number of pyridine rings is 1. The number of fused-ring (bicyclic) bond motifs is 1. The molecule has 0 spiro atoms. The third-order valence-electron chi connectivity index (χ3n) is 3.84. The first-order chi connectivity index (χ1) is 11.3. The van der Waals surface area contributed by atoms with Crippen LogP contribution in [0, 0.1) is 5.92 Å². The molecule has 1 fully saturated rings. The summed E-state index contributed by atoms with van der Waals surface area (Å²) in [6.45, 7) is 0. The molecule has 0 bridgehead atoms. The number of hydrogen-bond donors (Lipinski definition) is 1. The third kappa shape index (κ3) is 2.66. The minimum absolute atomic E-state index is 0.0530. The zero-order valence-electron chi connectivity index (χ0n) is 12.6. The molecular formula is C17H15N3O2S. The van der Waals surface area contributed by atoms with Gasteiger partial charge in [0.1, 0.15) is 5.52 Å². The number of carbonyl (C=O) groups excluding carboxylic acids is 1. The van der Waals surface area contributed by atoms with E-state index in [-0.39, 0.29) is 11.8 Å². The molecule has 0 saturated heterocycles. The highest BCUT2D eigenvalue weighted by Gasteiger charge is 2.30. The Morgan fingerprint density at radius 2 is 2.09 bits per heavy atom. The maximum Gasteiger partial charge on any atom is 0.241 e. The Kier molecular flexibility index (Phi) is 3.46. The molecule has 1 aliphatic carbocycles. The van der Waals surface area contributed by atoms with E-state index in [1.54, 1.807) is 13.3 Å². The summed E-state index contributed by atoms with van der Waals surface area (Å²) in [5, 5.41) is 3.51. The molecule has 23 heavy (non-hydrogen) atoms. The zero-order chi connectivity index (χ0) is 15.8. The van der Waals surface area contributed by atoms with Crippen LogP contribution in [0.25, 0.3) is 21.3 Å². The Balaban J connectivity index is 1.81. The fourth-order valence-electron chi connectivity index (χ4n) is 2.47. The van der Waals surface area contributed by atoms with E-state index >= 15 is 0 Å². The predicted octanol–water partition coefficient (Wildman–Crippen LogP) is 3.72. The van der Waals surface area contributed by atoms with E-state index in [1.165, 1.54) is 11.3 Å². The summed E-state index contributed by atoms with van der Waals surface area (Å²) >= 11 is 1.46. The average Bonchev–Trinajstić information content (AvgIpc) is 3.35. The predicted molar refractivity (Wildman–Crippen MR) is 90.8 cm³/mol. The van der Waals surface area contributed by atoms with E-state index in [4.69, 9.17) is 4.74 Å². The average molecular weight is 325 g/mol. The van der Waals surface area contributed by atoms with Crippen molar-refractivity contribution in [2.75, 3.05) is 12.4 Å². The first kappa shape index (κ1) is 14.1. The molecule has 0 radical (unpaired) electrons. The fraction of sp³-hybridized carbons (Fsp3) is 0.235. The van der Waals surface area contributed by atoms with Crippen LogP contribution in [0.5, 0.6) is 5.88 Å². The molecule has 1 amide bonds. The molecule has 3 aromatic rings. The molecule has 5 nitrogen and oxygen atoms in total. The van der Waals surface area contributed by atoms with Gasteiger partial charge in [0.15, 0.2) is 5.13 Å². The number of nitrogens with one attached hydrogen (secondary N) is 1. The van der Waals surface area contributed by atoms with Crippen LogP contribution >= 0.6 is 11.3 Å². The Morgan fingerprint density at radius 1 is 1.30 bits per heavy atom. The standard InChI is InChI=1S/C17H15N3O2S/c1-22-16-13-14(12(9-18-16)10-5-3-2-4-6-10)23-17(19-13)20-15(21)11-7-8-11/h2-6,9,11H,7-8H2,1H3,(H,19,20,21). The SMILES string of the molecule is COc1ncc(-c2ccccc2)c2sc(NC(=O)C3CC3)nc12. The van der Waals surface area contributed by atoms with Crippen LogP contribution in [0.3, 0.4) is 0 Å². The molecule has 1 aromatic carbocycles. The van der Waals surface area contributed by atoms with Gasteiger partial charge in [-0.1, -0.05) is 41.7 Å². The molecule has 0 aliphatic heterocycles. The van der Waals surface area contributed by atoms with Crippen molar-refractivity contribution in [1.82, 2.24) is 9.97 Å². The number of benzene rings is 1. The summed E-state index contributed by atoms with van der Waals surface area (Å²) in [6.07, 6.45) is 3.73. The summed E-state index contributed by atoms with van der Waals surface area (Å²) in [4.78, 5) is 20.8. The van der Waals surface area contributed by atoms with Crippen molar-refractivity contribution in [2.45, 2.75) is 12.8 Å². The van der Waals surface area contributed by atoms with Crippen LogP contribution in [0.2, 0.25) is 0 Å². The van der Waals surface area contributed by atoms with Gasteiger partial charge in [0.25, 0.3) is 0 Å². The van der Waals surface area contributed by atoms with E-state index in [2.05, 4.69) is 15.3 Å². The highest BCUT2D eigenvalue weighted by molar-refractivity contribution is 7.23. The lowest BCUT2D eigenvalue weighted by molar-refractivity contribution is -0.117. The van der Waals surface area contributed by atoms with Gasteiger partial charge in [0.05, 0.1) is 11.8 Å². The van der Waals surface area contributed by atoms with Crippen LogP contribution in [-0.2, 0) is 4.79 Å². The lowest BCUT2D eigenvalue weighted by Gasteiger charge is -2.04. The first-order valence-electron chi connectivity index (χ1n) is 7.46. The number of amides is 1. The molecule has 6 heteroatoms. The second-order valence-electron chi connectivity index (χ2n) is 5.51. The number of carbonyl (C=O) groups is 1. The van der Waals surface area contributed by atoms with Crippen molar-refractivity contribution in [3.63, 3.8) is 0 Å². The fourth-order valence-corrected chi connectivity index (χ4v) is 3.46. The normalized spacial score (nSPS) is 14.0. The molecule has 4 rings (SSSR count). The number of rotatable bonds is 4. The van der Waals surface area contributed by atoms with Gasteiger partial charge >= 0.3 is 0 Å². The first-order valence-corrected chi connectivity index (χ1v) is 8.27. The minimum atomic E-state index is 0.0530. The molecule has 2 heterocycles. The monoisotopic (exact) mass is 325 g/mol. The smallest absolute Gasteiger partial charge is 0.241 e. The molecule has 2 aromatic heterocycles. The van der Waals surface area contributed by atoms with Crippen LogP contribution < -0.4 is 10.1 Å². The molecular weight excluding hydrogens is 310 g/mol. The molecule has 1 N–H and O–H groups in total. The maximum atomic E-state index is 12.0. The lowest BCUT2D eigenvalue weighted by atomic mass is 10.1. The number of aromatic nitrogens is 2. The number of thiazole rings is 1. The van der Waals surface area contributed by atoms with Crippen molar-refractivity contribution < 1.29 is 9.53 Å². The van der Waals surface area contributed by atoms with Gasteiger partial charge < -0.3 is 10.1 Å². The lowest BCUT2D eigenvalue weighted by Crippen LogP contribution is -2.12. The third-order valence-corrected chi connectivity index (χ3v) is 4.85. The summed E-state index contributed by atoms with van der Waals surface area (Å²) in [7, 11) is 1.58. The molecule has 0 unspecified atom stereocenters. The maximum absolute atomic E-state index is 12.0. The van der Waals surface area contributed by atoms with Crippen molar-refractivity contribution in [2.24, 2.45) is 5.92 Å². The van der Waals surface area contributed by atoms with Gasteiger partial charge in [0, 0.05) is 17.7 Å². The van der Waals surface area contributed by atoms with E-state index < -0.39 is 0 Å². The number of ether oxygens (including phenoxy) is 1. The molecule has 0 atom stereocenters. The zero-order valence-corrected chi connectivity index (χ0v) is 13.4. The van der Waals surface area contributed by atoms with Gasteiger partial charge in [-0.2, -0.15) is 0 Å². The summed E-state index contributed by atoms with van der Waals surface area (Å²) in [5.74, 6) is 0.677. The topological polar surface area (TPSA) is 64.1 Å². The molecule has 1 saturated carbocycles. The Bertz CT molecular complexity index is 872. The molecule has 116 valence electrons. The van der Waals surface area contributed by atoms with E-state index in [0.717, 1.165) is 28.7 Å². The summed E-state index contributed by atoms with van der Waals surface area (Å²) < 4.78 is 6.28. The van der Waals surface area contributed by atoms with Gasteiger partial charge in [0.2, 0.25) is 11.8 Å². The van der Waals surface area contributed by atoms with Crippen LogP contribution in [0.4, 0.5) is 5.13 Å². The van der Waals surface area contributed by atoms with Gasteiger partial charge in [-0.25, -0.2) is 9.97 Å². The van der Waals surface area contributed by atoms with Crippen molar-refractivity contribution in [3.05, 3.63) is 36.5 Å². The number of nitrogens with zero attached hydrogens (tertiary/aromatic N) is 2. The highest BCUT2D eigenvalue weighted by Crippen LogP contribution is 2.39. The van der Waals surface area contributed by atoms with Gasteiger partial charge in [-0.05, 0) is 18.4 Å². The van der Waals surface area contributed by atoms with Crippen LogP contribution in [-0.4, -0.2) is 23.0 Å². The minimum Gasteiger partial charge on any atom is -0.479 e. The van der Waals surface area contributed by atoms with E-state index in [1.807, 2.05) is 30.3 Å². The number of hydrogen-bond acceptors (Lipinski definition) is 5.